The molecule has 0 aromatic carbocycles. The van der Waals surface area contributed by atoms with Crippen LogP contribution in [0.2, 0.25) is 0 Å². The van der Waals surface area contributed by atoms with E-state index in [9.17, 15) is 4.79 Å². The number of carbonyl (C=O) groups is 1. The van der Waals surface area contributed by atoms with E-state index >= 15 is 0 Å². The number of likely N-dealkylation sites (tertiary alicyclic amines) is 1. The van der Waals surface area contributed by atoms with Crippen LogP contribution < -0.4 is 4.90 Å². The molecule has 0 bridgehead atoms. The Morgan fingerprint density at radius 2 is 2.04 bits per heavy atom. The van der Waals surface area contributed by atoms with Gasteiger partial charge in [0.25, 0.3) is 5.91 Å². The molecule has 2 aliphatic heterocycles. The number of hydrogen-bond donors (Lipinski definition) is 0. The van der Waals surface area contributed by atoms with Crippen LogP contribution in [0, 0.1) is 12.8 Å². The van der Waals surface area contributed by atoms with Gasteiger partial charge in [-0.05, 0) is 37.8 Å². The van der Waals surface area contributed by atoms with E-state index in [-0.39, 0.29) is 5.91 Å². The summed E-state index contributed by atoms with van der Waals surface area (Å²) in [5.74, 6) is 1.95. The van der Waals surface area contributed by atoms with Gasteiger partial charge in [0.1, 0.15) is 5.82 Å². The molecule has 0 aliphatic carbocycles. The molecule has 2 saturated heterocycles. The summed E-state index contributed by atoms with van der Waals surface area (Å²) in [6.45, 7) is 8.58. The smallest absolute Gasteiger partial charge is 0.291 e. The molecule has 144 valence electrons. The zero-order chi connectivity index (χ0) is 18.6. The van der Waals surface area contributed by atoms with Gasteiger partial charge in [0.05, 0.1) is 5.69 Å². The van der Waals surface area contributed by atoms with Crippen molar-refractivity contribution in [1.82, 2.24) is 19.8 Å². The maximum atomic E-state index is 12.7. The maximum Gasteiger partial charge on any atom is 0.291 e. The Labute approximate surface area is 160 Å². The number of hydrogen-bond acceptors (Lipinski definition) is 6. The number of piperidine rings is 1. The zero-order valence-corrected chi connectivity index (χ0v) is 15.9. The Morgan fingerprint density at radius 1 is 1.19 bits per heavy atom. The third kappa shape index (κ3) is 4.13. The summed E-state index contributed by atoms with van der Waals surface area (Å²) in [7, 11) is 0. The monoisotopic (exact) mass is 369 g/mol. The normalized spacial score (nSPS) is 21.4. The Balaban J connectivity index is 1.29. The van der Waals surface area contributed by atoms with E-state index in [1.54, 1.807) is 0 Å². The number of piperazine rings is 1. The number of anilines is 1. The standard InChI is InChI=1S/C20H27N5O2/c1-16-19(27-15-22-16)20(26)25-8-4-5-17(14-25)13-23-9-11-24(12-10-23)18-6-2-3-7-21-18/h2-3,6-7,15,17H,4-5,8-14H2,1H3/t17-/m1/s1. The quantitative estimate of drug-likeness (QED) is 0.822. The second-order valence-electron chi connectivity index (χ2n) is 7.50. The van der Waals surface area contributed by atoms with Gasteiger partial charge in [-0.2, -0.15) is 0 Å². The Kier molecular flexibility index (Phi) is 5.38. The highest BCUT2D eigenvalue weighted by atomic mass is 16.3. The van der Waals surface area contributed by atoms with Crippen molar-refractivity contribution in [2.75, 3.05) is 50.7 Å². The molecule has 7 nitrogen and oxygen atoms in total. The predicted octanol–water partition coefficient (Wildman–Crippen LogP) is 2.05. The topological polar surface area (TPSA) is 65.7 Å². The number of carbonyl (C=O) groups excluding carboxylic acids is 1. The van der Waals surface area contributed by atoms with Gasteiger partial charge in [0.15, 0.2) is 6.39 Å². The van der Waals surface area contributed by atoms with Gasteiger partial charge in [0.2, 0.25) is 5.76 Å². The van der Waals surface area contributed by atoms with Crippen LogP contribution in [0.25, 0.3) is 0 Å². The maximum absolute atomic E-state index is 12.7. The predicted molar refractivity (Wildman–Crippen MR) is 103 cm³/mol. The molecule has 4 rings (SSSR count). The van der Waals surface area contributed by atoms with Crippen LogP contribution in [0.15, 0.2) is 35.2 Å². The van der Waals surface area contributed by atoms with Gasteiger partial charge in [-0.15, -0.1) is 0 Å². The lowest BCUT2D eigenvalue weighted by Gasteiger charge is -2.39. The van der Waals surface area contributed by atoms with E-state index in [2.05, 4.69) is 25.8 Å². The molecule has 0 N–H and O–H groups in total. The second-order valence-corrected chi connectivity index (χ2v) is 7.50. The zero-order valence-electron chi connectivity index (χ0n) is 15.9. The first kappa shape index (κ1) is 18.0. The Hall–Kier alpha value is -2.41. The van der Waals surface area contributed by atoms with Crippen molar-refractivity contribution in [3.05, 3.63) is 42.2 Å². The molecule has 2 aromatic heterocycles. The number of amides is 1. The van der Waals surface area contributed by atoms with Crippen molar-refractivity contribution >= 4 is 11.7 Å². The van der Waals surface area contributed by atoms with Gasteiger partial charge in [0, 0.05) is 52.0 Å². The summed E-state index contributed by atoms with van der Waals surface area (Å²) in [5.41, 5.74) is 0.674. The minimum atomic E-state index is -0.0188. The van der Waals surface area contributed by atoms with E-state index < -0.39 is 0 Å². The van der Waals surface area contributed by atoms with Crippen LogP contribution in [0.1, 0.15) is 29.1 Å². The van der Waals surface area contributed by atoms with Gasteiger partial charge in [-0.25, -0.2) is 9.97 Å². The number of pyridine rings is 1. The SMILES string of the molecule is Cc1ncoc1C(=O)N1CCC[C@H](CN2CCN(c3ccccn3)CC2)C1. The molecular formula is C20H27N5O2. The van der Waals surface area contributed by atoms with Crippen molar-refractivity contribution in [3.63, 3.8) is 0 Å². The van der Waals surface area contributed by atoms with E-state index in [0.29, 0.717) is 17.4 Å². The molecule has 0 spiro atoms. The fraction of sp³-hybridized carbons (Fsp3) is 0.550. The number of oxazole rings is 1. The lowest BCUT2D eigenvalue weighted by atomic mass is 9.96. The number of aromatic nitrogens is 2. The first-order valence-corrected chi connectivity index (χ1v) is 9.78. The van der Waals surface area contributed by atoms with Crippen LogP contribution in [0.5, 0.6) is 0 Å². The summed E-state index contributed by atoms with van der Waals surface area (Å²) in [4.78, 5) is 28.0. The molecule has 2 aromatic rings. The summed E-state index contributed by atoms with van der Waals surface area (Å²) in [5, 5.41) is 0. The summed E-state index contributed by atoms with van der Waals surface area (Å²) in [6.07, 6.45) is 5.44. The summed E-state index contributed by atoms with van der Waals surface area (Å²) in [6, 6.07) is 6.07. The molecule has 7 heteroatoms. The lowest BCUT2D eigenvalue weighted by molar-refractivity contribution is 0.0605. The van der Waals surface area contributed by atoms with Gasteiger partial charge >= 0.3 is 0 Å². The number of aryl methyl sites for hydroxylation is 1. The third-order valence-corrected chi connectivity index (χ3v) is 5.61. The van der Waals surface area contributed by atoms with E-state index in [0.717, 1.165) is 58.1 Å². The highest BCUT2D eigenvalue weighted by Crippen LogP contribution is 2.22. The van der Waals surface area contributed by atoms with Crippen LogP contribution in [0.3, 0.4) is 0 Å². The van der Waals surface area contributed by atoms with Crippen molar-refractivity contribution < 1.29 is 9.21 Å². The summed E-state index contributed by atoms with van der Waals surface area (Å²) >= 11 is 0. The minimum Gasteiger partial charge on any atom is -0.438 e. The molecule has 2 aliphatic rings. The van der Waals surface area contributed by atoms with Crippen molar-refractivity contribution in [1.29, 1.82) is 0 Å². The lowest BCUT2D eigenvalue weighted by Crippen LogP contribution is -2.50. The molecule has 4 heterocycles. The second kappa shape index (κ2) is 8.08. The van der Waals surface area contributed by atoms with Crippen molar-refractivity contribution in [3.8, 4) is 0 Å². The highest BCUT2D eigenvalue weighted by molar-refractivity contribution is 5.92. The van der Waals surface area contributed by atoms with E-state index in [1.165, 1.54) is 12.8 Å². The van der Waals surface area contributed by atoms with Crippen molar-refractivity contribution in [2.24, 2.45) is 5.92 Å². The van der Waals surface area contributed by atoms with Gasteiger partial charge in [-0.1, -0.05) is 6.07 Å². The Bertz CT molecular complexity index is 755. The molecule has 1 atom stereocenters. The van der Waals surface area contributed by atoms with Crippen LogP contribution in [-0.2, 0) is 0 Å². The molecule has 0 radical (unpaired) electrons. The molecule has 1 amide bonds. The molecular weight excluding hydrogens is 342 g/mol. The van der Waals surface area contributed by atoms with Crippen LogP contribution in [0.4, 0.5) is 5.82 Å². The third-order valence-electron chi connectivity index (χ3n) is 5.61. The average Bonchev–Trinajstić information content (AvgIpc) is 3.15. The molecule has 0 unspecified atom stereocenters. The first-order chi connectivity index (χ1) is 13.2. The van der Waals surface area contributed by atoms with E-state index in [4.69, 9.17) is 4.42 Å². The summed E-state index contributed by atoms with van der Waals surface area (Å²) < 4.78 is 5.29. The Morgan fingerprint density at radius 3 is 2.74 bits per heavy atom. The molecule has 27 heavy (non-hydrogen) atoms. The first-order valence-electron chi connectivity index (χ1n) is 9.78. The average molecular weight is 369 g/mol. The fourth-order valence-corrected chi connectivity index (χ4v) is 4.11. The number of nitrogens with zero attached hydrogens (tertiary/aromatic N) is 5. The van der Waals surface area contributed by atoms with Gasteiger partial charge in [-0.3, -0.25) is 9.69 Å². The largest absolute Gasteiger partial charge is 0.438 e. The van der Waals surface area contributed by atoms with Crippen molar-refractivity contribution in [2.45, 2.75) is 19.8 Å². The van der Waals surface area contributed by atoms with Gasteiger partial charge < -0.3 is 14.2 Å². The molecule has 2 fully saturated rings. The molecule has 0 saturated carbocycles. The fourth-order valence-electron chi connectivity index (χ4n) is 4.11. The highest BCUT2D eigenvalue weighted by Gasteiger charge is 2.29. The minimum absolute atomic E-state index is 0.0188. The van der Waals surface area contributed by atoms with Crippen LogP contribution in [-0.4, -0.2) is 71.5 Å². The van der Waals surface area contributed by atoms with E-state index in [1.807, 2.05) is 30.2 Å². The number of rotatable bonds is 4. The van der Waals surface area contributed by atoms with Crippen LogP contribution >= 0.6 is 0 Å².